The lowest BCUT2D eigenvalue weighted by molar-refractivity contribution is 0.0829. The Morgan fingerprint density at radius 2 is 2.27 bits per heavy atom. The van der Waals surface area contributed by atoms with Crippen LogP contribution in [-0.2, 0) is 4.84 Å². The molecule has 0 spiro atoms. The minimum atomic E-state index is 0.187. The minimum absolute atomic E-state index is 0.187. The van der Waals surface area contributed by atoms with Crippen LogP contribution >= 0.6 is 23.2 Å². The first-order chi connectivity index (χ1) is 7.20. The largest absolute Gasteiger partial charge is 0.392 e. The summed E-state index contributed by atoms with van der Waals surface area (Å²) in [4.78, 5) is 5.25. The number of nitrogens with zero attached hydrogens (tertiary/aromatic N) is 1. The summed E-state index contributed by atoms with van der Waals surface area (Å²) in [5, 5.41) is 5.30. The Bertz CT molecular complexity index is 404. The lowest BCUT2D eigenvalue weighted by Gasteiger charge is -2.04. The molecule has 2 rings (SSSR count). The zero-order valence-corrected chi connectivity index (χ0v) is 9.85. The third kappa shape index (κ3) is 2.27. The van der Waals surface area contributed by atoms with E-state index < -0.39 is 0 Å². The van der Waals surface area contributed by atoms with Crippen LogP contribution in [0, 0.1) is 0 Å². The molecule has 80 valence electrons. The molecule has 2 nitrogen and oxygen atoms in total. The van der Waals surface area contributed by atoms with E-state index in [9.17, 15) is 0 Å². The molecule has 0 saturated carbocycles. The van der Waals surface area contributed by atoms with Crippen LogP contribution in [0.25, 0.3) is 0 Å². The average Bonchev–Trinajstić information content (AvgIpc) is 2.66. The molecule has 0 amide bonds. The monoisotopic (exact) mass is 243 g/mol. The maximum Gasteiger partial charge on any atom is 0.133 e. The molecule has 15 heavy (non-hydrogen) atoms. The van der Waals surface area contributed by atoms with Gasteiger partial charge in [0.15, 0.2) is 0 Å². The Morgan fingerprint density at radius 1 is 1.47 bits per heavy atom. The highest BCUT2D eigenvalue weighted by Crippen LogP contribution is 2.26. The molecule has 0 radical (unpaired) electrons. The number of halogens is 2. The lowest BCUT2D eigenvalue weighted by atomic mass is 10.0. The molecule has 1 unspecified atom stereocenters. The molecule has 0 saturated heterocycles. The highest BCUT2D eigenvalue weighted by atomic mass is 35.5. The quantitative estimate of drug-likeness (QED) is 0.773. The first-order valence-corrected chi connectivity index (χ1v) is 5.64. The number of rotatable bonds is 2. The zero-order valence-electron chi connectivity index (χ0n) is 8.34. The van der Waals surface area contributed by atoms with E-state index in [1.807, 2.05) is 12.1 Å². The van der Waals surface area contributed by atoms with Crippen molar-refractivity contribution in [3.63, 3.8) is 0 Å². The first-order valence-electron chi connectivity index (χ1n) is 4.89. The summed E-state index contributed by atoms with van der Waals surface area (Å²) in [6.07, 6.45) is 1.96. The summed E-state index contributed by atoms with van der Waals surface area (Å²) in [7, 11) is 0. The fourth-order valence-electron chi connectivity index (χ4n) is 1.53. The lowest BCUT2D eigenvalue weighted by Crippen LogP contribution is -2.06. The molecular formula is C11H11Cl2NO. The van der Waals surface area contributed by atoms with Gasteiger partial charge in [0.2, 0.25) is 0 Å². The summed E-state index contributed by atoms with van der Waals surface area (Å²) in [5.74, 6) is 0. The second kappa shape index (κ2) is 4.42. The van der Waals surface area contributed by atoms with Crippen molar-refractivity contribution < 1.29 is 4.84 Å². The number of hydrogen-bond donors (Lipinski definition) is 0. The smallest absolute Gasteiger partial charge is 0.133 e. The molecule has 4 heteroatoms. The van der Waals surface area contributed by atoms with Crippen LogP contribution in [0.2, 0.25) is 10.0 Å². The molecule has 0 bridgehead atoms. The maximum absolute atomic E-state index is 6.08. The van der Waals surface area contributed by atoms with Gasteiger partial charge in [-0.15, -0.1) is 0 Å². The Labute approximate surface area is 98.8 Å². The summed E-state index contributed by atoms with van der Waals surface area (Å²) in [6.45, 7) is 2.08. The van der Waals surface area contributed by atoms with E-state index in [0.29, 0.717) is 10.0 Å². The van der Waals surface area contributed by atoms with Crippen LogP contribution in [0.3, 0.4) is 0 Å². The van der Waals surface area contributed by atoms with Crippen molar-refractivity contribution in [2.45, 2.75) is 25.9 Å². The van der Waals surface area contributed by atoms with Crippen LogP contribution < -0.4 is 0 Å². The van der Waals surface area contributed by atoms with Gasteiger partial charge in [-0.1, -0.05) is 41.3 Å². The first kappa shape index (κ1) is 10.8. The predicted octanol–water partition coefficient (Wildman–Crippen LogP) is 3.90. The summed E-state index contributed by atoms with van der Waals surface area (Å²) in [5.41, 5.74) is 1.82. The van der Waals surface area contributed by atoms with Crippen LogP contribution in [0.5, 0.6) is 0 Å². The van der Waals surface area contributed by atoms with Crippen molar-refractivity contribution >= 4 is 28.9 Å². The SMILES string of the molecule is CCC1CC(c2ccc(Cl)cc2Cl)=NO1. The topological polar surface area (TPSA) is 21.6 Å². The molecule has 1 aromatic carbocycles. The van der Waals surface area contributed by atoms with Crippen molar-refractivity contribution in [1.29, 1.82) is 0 Å². The highest BCUT2D eigenvalue weighted by Gasteiger charge is 2.21. The summed E-state index contributed by atoms with van der Waals surface area (Å²) in [6, 6.07) is 5.41. The van der Waals surface area contributed by atoms with E-state index in [0.717, 1.165) is 24.1 Å². The van der Waals surface area contributed by atoms with Crippen LogP contribution in [0.1, 0.15) is 25.3 Å². The van der Waals surface area contributed by atoms with E-state index in [2.05, 4.69) is 12.1 Å². The molecular weight excluding hydrogens is 233 g/mol. The molecule has 1 aliphatic rings. The van der Waals surface area contributed by atoms with Crippen LogP contribution in [-0.4, -0.2) is 11.8 Å². The van der Waals surface area contributed by atoms with Gasteiger partial charge in [-0.25, -0.2) is 0 Å². The predicted molar refractivity (Wildman–Crippen MR) is 62.8 cm³/mol. The van der Waals surface area contributed by atoms with Gasteiger partial charge in [0.1, 0.15) is 6.10 Å². The Kier molecular flexibility index (Phi) is 3.17. The van der Waals surface area contributed by atoms with Crippen LogP contribution in [0.4, 0.5) is 0 Å². The van der Waals surface area contributed by atoms with E-state index in [1.165, 1.54) is 0 Å². The number of hydrogen-bond acceptors (Lipinski definition) is 2. The van der Waals surface area contributed by atoms with Gasteiger partial charge in [0, 0.05) is 17.0 Å². The second-order valence-corrected chi connectivity index (χ2v) is 4.35. The van der Waals surface area contributed by atoms with Crippen molar-refractivity contribution in [3.05, 3.63) is 33.8 Å². The Morgan fingerprint density at radius 3 is 2.87 bits per heavy atom. The second-order valence-electron chi connectivity index (χ2n) is 3.50. The molecule has 0 aromatic heterocycles. The molecule has 1 atom stereocenters. The van der Waals surface area contributed by atoms with Crippen molar-refractivity contribution in [2.75, 3.05) is 0 Å². The third-order valence-electron chi connectivity index (χ3n) is 2.43. The maximum atomic E-state index is 6.08. The number of oxime groups is 1. The molecule has 0 N–H and O–H groups in total. The van der Waals surface area contributed by atoms with Gasteiger partial charge in [0.05, 0.1) is 10.7 Å². The molecule has 1 heterocycles. The molecule has 1 aliphatic heterocycles. The van der Waals surface area contributed by atoms with Gasteiger partial charge < -0.3 is 4.84 Å². The van der Waals surface area contributed by atoms with Crippen LogP contribution in [0.15, 0.2) is 23.4 Å². The zero-order chi connectivity index (χ0) is 10.8. The third-order valence-corrected chi connectivity index (χ3v) is 2.98. The van der Waals surface area contributed by atoms with Gasteiger partial charge in [-0.2, -0.15) is 0 Å². The Hall–Kier alpha value is -0.730. The van der Waals surface area contributed by atoms with Gasteiger partial charge in [-0.3, -0.25) is 0 Å². The van der Waals surface area contributed by atoms with Crippen molar-refractivity contribution in [1.82, 2.24) is 0 Å². The fourth-order valence-corrected chi connectivity index (χ4v) is 2.05. The van der Waals surface area contributed by atoms with Gasteiger partial charge in [0.25, 0.3) is 0 Å². The molecule has 0 fully saturated rings. The van der Waals surface area contributed by atoms with Gasteiger partial charge in [-0.05, 0) is 18.6 Å². The molecule has 1 aromatic rings. The van der Waals surface area contributed by atoms with Gasteiger partial charge >= 0.3 is 0 Å². The van der Waals surface area contributed by atoms with E-state index >= 15 is 0 Å². The fraction of sp³-hybridized carbons (Fsp3) is 0.364. The summed E-state index contributed by atoms with van der Waals surface area (Å²) < 4.78 is 0. The van der Waals surface area contributed by atoms with Crippen molar-refractivity contribution in [2.24, 2.45) is 5.16 Å². The average molecular weight is 244 g/mol. The van der Waals surface area contributed by atoms with E-state index in [-0.39, 0.29) is 6.10 Å². The normalized spacial score (nSPS) is 19.9. The summed E-state index contributed by atoms with van der Waals surface area (Å²) >= 11 is 11.9. The van der Waals surface area contributed by atoms with E-state index in [4.69, 9.17) is 28.0 Å². The Balaban J connectivity index is 2.24. The van der Waals surface area contributed by atoms with E-state index in [1.54, 1.807) is 6.07 Å². The minimum Gasteiger partial charge on any atom is -0.392 e. The van der Waals surface area contributed by atoms with Crippen molar-refractivity contribution in [3.8, 4) is 0 Å². The highest BCUT2D eigenvalue weighted by molar-refractivity contribution is 6.37. The number of benzene rings is 1. The standard InChI is InChI=1S/C11H11Cl2NO/c1-2-8-6-11(14-15-8)9-4-3-7(12)5-10(9)13/h3-5,8H,2,6H2,1H3. The molecule has 0 aliphatic carbocycles.